The maximum atomic E-state index is 13.0. The van der Waals surface area contributed by atoms with Crippen molar-refractivity contribution in [3.05, 3.63) is 0 Å². The monoisotopic (exact) mass is 729 g/mol. The first-order valence-corrected chi connectivity index (χ1v) is 22.7. The second kappa shape index (κ2) is 22.7. The molecule has 52 heavy (non-hydrogen) atoms. The van der Waals surface area contributed by atoms with E-state index in [-0.39, 0.29) is 31.1 Å². The molecule has 0 aliphatic heterocycles. The lowest BCUT2D eigenvalue weighted by Crippen LogP contribution is -2.52. The number of ether oxygens (including phenoxy) is 3. The van der Waals surface area contributed by atoms with Crippen LogP contribution in [0.2, 0.25) is 0 Å². The topological polar surface area (TPSA) is 78.9 Å². The first-order chi connectivity index (χ1) is 25.2. The van der Waals surface area contributed by atoms with Crippen LogP contribution >= 0.6 is 0 Å². The summed E-state index contributed by atoms with van der Waals surface area (Å²) in [5.74, 6) is 3.53. The van der Waals surface area contributed by atoms with Crippen LogP contribution in [-0.4, -0.2) is 37.2 Å². The van der Waals surface area contributed by atoms with Gasteiger partial charge in [-0.1, -0.05) is 118 Å². The normalized spacial score (nSPS) is 30.1. The van der Waals surface area contributed by atoms with Gasteiger partial charge < -0.3 is 14.2 Å². The summed E-state index contributed by atoms with van der Waals surface area (Å²) in [6.45, 7) is 9.57. The van der Waals surface area contributed by atoms with Crippen LogP contribution < -0.4 is 0 Å². The number of esters is 3. The molecule has 4 rings (SSSR count). The van der Waals surface area contributed by atoms with Crippen LogP contribution in [0, 0.1) is 40.4 Å². The lowest BCUT2D eigenvalue weighted by molar-refractivity contribution is -0.167. The maximum Gasteiger partial charge on any atom is 0.306 e. The van der Waals surface area contributed by atoms with E-state index in [1.807, 2.05) is 0 Å². The molecule has 6 nitrogen and oxygen atoms in total. The number of carbonyl (C=O) groups is 3. The molecule has 0 aromatic carbocycles. The summed E-state index contributed by atoms with van der Waals surface area (Å²) < 4.78 is 16.9. The van der Waals surface area contributed by atoms with Crippen molar-refractivity contribution < 1.29 is 28.6 Å². The summed E-state index contributed by atoms with van der Waals surface area (Å²) >= 11 is 0. The Labute approximate surface area is 319 Å². The van der Waals surface area contributed by atoms with Crippen molar-refractivity contribution in [2.24, 2.45) is 40.4 Å². The Bertz CT molecular complexity index is 1060. The minimum absolute atomic E-state index is 0.0572. The highest BCUT2D eigenvalue weighted by atomic mass is 16.6. The van der Waals surface area contributed by atoms with Gasteiger partial charge in [0.25, 0.3) is 0 Å². The van der Waals surface area contributed by atoms with Crippen molar-refractivity contribution in [3.63, 3.8) is 0 Å². The average Bonchev–Trinajstić information content (AvgIpc) is 3.47. The molecule has 0 heterocycles. The van der Waals surface area contributed by atoms with E-state index in [1.54, 1.807) is 0 Å². The molecule has 0 aromatic rings. The molecule has 0 radical (unpaired) electrons. The lowest BCUT2D eigenvalue weighted by Gasteiger charge is -2.60. The molecule has 4 fully saturated rings. The molecule has 0 bridgehead atoms. The third kappa shape index (κ3) is 12.7. The summed E-state index contributed by atoms with van der Waals surface area (Å²) in [6, 6.07) is 0. The summed E-state index contributed by atoms with van der Waals surface area (Å²) in [6.07, 6.45) is 32.2. The molecule has 6 heteroatoms. The van der Waals surface area contributed by atoms with Crippen LogP contribution in [-0.2, 0) is 28.6 Å². The fraction of sp³-hybridized carbons (Fsp3) is 0.935. The van der Waals surface area contributed by atoms with Crippen molar-refractivity contribution in [2.75, 3.05) is 13.2 Å². The van der Waals surface area contributed by atoms with Gasteiger partial charge in [-0.25, -0.2) is 0 Å². The van der Waals surface area contributed by atoms with Gasteiger partial charge >= 0.3 is 17.9 Å². The fourth-order valence-corrected chi connectivity index (χ4v) is 11.7. The Morgan fingerprint density at radius 1 is 0.558 bits per heavy atom. The SMILES string of the molecule is CCCCCCCCCC(=O)OCC(COC(=O)CCCC1CCC2C3CCC4CCCCC4(C)C3CCC12C)OC(=O)CCCCCCCCC. The van der Waals surface area contributed by atoms with Gasteiger partial charge in [-0.2, -0.15) is 0 Å². The molecule has 0 aromatic heterocycles. The van der Waals surface area contributed by atoms with Gasteiger partial charge in [-0.3, -0.25) is 14.4 Å². The van der Waals surface area contributed by atoms with E-state index in [0.717, 1.165) is 75.0 Å². The summed E-state index contributed by atoms with van der Waals surface area (Å²) in [5.41, 5.74) is 0.993. The van der Waals surface area contributed by atoms with Crippen molar-refractivity contribution in [3.8, 4) is 0 Å². The van der Waals surface area contributed by atoms with Crippen LogP contribution in [0.5, 0.6) is 0 Å². The molecule has 0 amide bonds. The zero-order valence-electron chi connectivity index (χ0n) is 34.3. The first kappa shape index (κ1) is 43.1. The summed E-state index contributed by atoms with van der Waals surface area (Å²) in [5, 5.41) is 0. The van der Waals surface area contributed by atoms with E-state index in [4.69, 9.17) is 14.2 Å². The number of hydrogen-bond acceptors (Lipinski definition) is 6. The smallest absolute Gasteiger partial charge is 0.306 e. The van der Waals surface area contributed by atoms with Gasteiger partial charge in [0, 0.05) is 19.3 Å². The van der Waals surface area contributed by atoms with E-state index in [0.29, 0.717) is 36.0 Å². The van der Waals surface area contributed by atoms with Crippen molar-refractivity contribution >= 4 is 17.9 Å². The van der Waals surface area contributed by atoms with E-state index < -0.39 is 6.10 Å². The van der Waals surface area contributed by atoms with Gasteiger partial charge in [-0.05, 0) is 117 Å². The zero-order chi connectivity index (χ0) is 37.2. The van der Waals surface area contributed by atoms with Gasteiger partial charge in [0.05, 0.1) is 0 Å². The second-order valence-electron chi connectivity index (χ2n) is 18.3. The molecule has 4 aliphatic rings. The molecule has 8 unspecified atom stereocenters. The predicted octanol–water partition coefficient (Wildman–Crippen LogP) is 12.5. The van der Waals surface area contributed by atoms with E-state index >= 15 is 0 Å². The molecular formula is C46H80O6. The highest BCUT2D eigenvalue weighted by molar-refractivity contribution is 5.71. The van der Waals surface area contributed by atoms with Gasteiger partial charge in [0.2, 0.25) is 0 Å². The van der Waals surface area contributed by atoms with Crippen LogP contribution in [0.3, 0.4) is 0 Å². The Hall–Kier alpha value is -1.59. The quantitative estimate of drug-likeness (QED) is 0.0529. The van der Waals surface area contributed by atoms with Gasteiger partial charge in [0.1, 0.15) is 13.2 Å². The summed E-state index contributed by atoms with van der Waals surface area (Å²) in [7, 11) is 0. The van der Waals surface area contributed by atoms with Crippen LogP contribution in [0.1, 0.15) is 214 Å². The van der Waals surface area contributed by atoms with Crippen molar-refractivity contribution in [2.45, 2.75) is 220 Å². The minimum atomic E-state index is -0.759. The fourth-order valence-electron chi connectivity index (χ4n) is 11.7. The molecule has 4 aliphatic carbocycles. The number of carbonyl (C=O) groups excluding carboxylic acids is 3. The Balaban J connectivity index is 1.18. The molecule has 300 valence electrons. The van der Waals surface area contributed by atoms with Crippen LogP contribution in [0.25, 0.3) is 0 Å². The molecule has 0 N–H and O–H groups in total. The number of unbranched alkanes of at least 4 members (excludes halogenated alkanes) is 12. The standard InChI is InChI=1S/C46H80O6/c1-5-7-9-11-13-15-17-24-42(47)50-34-38(52-44(49)25-18-16-14-12-10-8-6-2)35-51-43(48)26-21-23-37-28-30-40-39-29-27-36-22-19-20-32-45(36,3)41(39)31-33-46(37,40)4/h36-41H,5-35H2,1-4H3. The first-order valence-electron chi connectivity index (χ1n) is 22.7. The van der Waals surface area contributed by atoms with Gasteiger partial charge in [-0.15, -0.1) is 0 Å². The van der Waals surface area contributed by atoms with E-state index in [9.17, 15) is 14.4 Å². The average molecular weight is 729 g/mol. The molecule has 4 saturated carbocycles. The molecule has 0 saturated heterocycles. The third-order valence-electron chi connectivity index (χ3n) is 14.8. The van der Waals surface area contributed by atoms with Crippen molar-refractivity contribution in [1.82, 2.24) is 0 Å². The number of rotatable bonds is 25. The maximum absolute atomic E-state index is 13.0. The van der Waals surface area contributed by atoms with E-state index in [2.05, 4.69) is 27.7 Å². The number of fused-ring (bicyclic) bond motifs is 5. The van der Waals surface area contributed by atoms with Crippen molar-refractivity contribution in [1.29, 1.82) is 0 Å². The molecule has 8 atom stereocenters. The second-order valence-corrected chi connectivity index (χ2v) is 18.3. The Morgan fingerprint density at radius 2 is 1.12 bits per heavy atom. The highest BCUT2D eigenvalue weighted by Crippen LogP contribution is 2.67. The highest BCUT2D eigenvalue weighted by Gasteiger charge is 2.59. The zero-order valence-corrected chi connectivity index (χ0v) is 34.3. The predicted molar refractivity (Wildman–Crippen MR) is 211 cm³/mol. The lowest BCUT2D eigenvalue weighted by atomic mass is 9.45. The van der Waals surface area contributed by atoms with Gasteiger partial charge in [0.15, 0.2) is 6.10 Å². The van der Waals surface area contributed by atoms with Crippen LogP contribution in [0.4, 0.5) is 0 Å². The largest absolute Gasteiger partial charge is 0.462 e. The summed E-state index contributed by atoms with van der Waals surface area (Å²) in [4.78, 5) is 38.2. The number of hydrogen-bond donors (Lipinski definition) is 0. The molecular weight excluding hydrogens is 649 g/mol. The Kier molecular flexibility index (Phi) is 18.8. The Morgan fingerprint density at radius 3 is 1.75 bits per heavy atom. The minimum Gasteiger partial charge on any atom is -0.462 e. The molecule has 0 spiro atoms. The van der Waals surface area contributed by atoms with E-state index in [1.165, 1.54) is 116 Å². The van der Waals surface area contributed by atoms with Crippen LogP contribution in [0.15, 0.2) is 0 Å². The third-order valence-corrected chi connectivity index (χ3v) is 14.8.